The van der Waals surface area contributed by atoms with Gasteiger partial charge >= 0.3 is 5.97 Å². The molecule has 1 amide bonds. The van der Waals surface area contributed by atoms with E-state index < -0.39 is 0 Å². The summed E-state index contributed by atoms with van der Waals surface area (Å²) < 4.78 is 4.77. The number of likely N-dealkylation sites (tertiary alicyclic amines) is 1. The van der Waals surface area contributed by atoms with Crippen LogP contribution in [0.5, 0.6) is 0 Å². The summed E-state index contributed by atoms with van der Waals surface area (Å²) >= 11 is 1.29. The maximum atomic E-state index is 12.4. The molecule has 112 valence electrons. The van der Waals surface area contributed by atoms with Crippen LogP contribution in [0.25, 0.3) is 0 Å². The number of nitrogens with zero attached hydrogens (tertiary/aromatic N) is 1. The van der Waals surface area contributed by atoms with Gasteiger partial charge < -0.3 is 14.7 Å². The van der Waals surface area contributed by atoms with E-state index in [2.05, 4.69) is 11.8 Å². The highest BCUT2D eigenvalue weighted by atomic mass is 32.1. The molecule has 1 aliphatic rings. The smallest absolute Gasteiger partial charge is 0.310 e. The van der Waals surface area contributed by atoms with Gasteiger partial charge in [-0.25, -0.2) is 0 Å². The van der Waals surface area contributed by atoms with E-state index >= 15 is 0 Å². The van der Waals surface area contributed by atoms with Crippen molar-refractivity contribution in [3.05, 3.63) is 21.9 Å². The summed E-state index contributed by atoms with van der Waals surface area (Å²) in [7, 11) is 1.37. The zero-order valence-corrected chi connectivity index (χ0v) is 12.8. The van der Waals surface area contributed by atoms with E-state index in [0.717, 1.165) is 4.88 Å². The van der Waals surface area contributed by atoms with Crippen LogP contribution < -0.4 is 0 Å². The fourth-order valence-corrected chi connectivity index (χ4v) is 3.24. The number of rotatable bonds is 2. The molecule has 1 N–H and O–H groups in total. The first kappa shape index (κ1) is 15.5. The van der Waals surface area contributed by atoms with Crippen molar-refractivity contribution in [2.75, 3.05) is 26.8 Å². The Morgan fingerprint density at radius 1 is 1.48 bits per heavy atom. The Morgan fingerprint density at radius 3 is 2.90 bits per heavy atom. The second-order valence-electron chi connectivity index (χ2n) is 4.94. The summed E-state index contributed by atoms with van der Waals surface area (Å²) in [5.41, 5.74) is 0. The lowest BCUT2D eigenvalue weighted by Gasteiger charge is -2.14. The van der Waals surface area contributed by atoms with Crippen LogP contribution in [0.4, 0.5) is 0 Å². The highest BCUT2D eigenvalue weighted by molar-refractivity contribution is 7.14. The molecule has 0 bridgehead atoms. The van der Waals surface area contributed by atoms with Crippen LogP contribution in [0.1, 0.15) is 21.5 Å². The van der Waals surface area contributed by atoms with E-state index in [1.807, 2.05) is 6.92 Å². The van der Waals surface area contributed by atoms with Crippen molar-refractivity contribution >= 4 is 23.2 Å². The number of ether oxygens (including phenoxy) is 1. The summed E-state index contributed by atoms with van der Waals surface area (Å²) in [4.78, 5) is 27.1. The second-order valence-corrected chi connectivity index (χ2v) is 6.02. The molecule has 2 unspecified atom stereocenters. The van der Waals surface area contributed by atoms with Gasteiger partial charge in [-0.2, -0.15) is 0 Å². The molecule has 1 aromatic rings. The van der Waals surface area contributed by atoms with E-state index in [1.54, 1.807) is 17.0 Å². The predicted molar refractivity (Wildman–Crippen MR) is 78.9 cm³/mol. The van der Waals surface area contributed by atoms with Gasteiger partial charge in [-0.15, -0.1) is 11.3 Å². The molecule has 0 spiro atoms. The van der Waals surface area contributed by atoms with Crippen LogP contribution >= 0.6 is 11.3 Å². The molecule has 0 aromatic carbocycles. The Kier molecular flexibility index (Phi) is 4.99. The van der Waals surface area contributed by atoms with Crippen molar-refractivity contribution in [3.63, 3.8) is 0 Å². The van der Waals surface area contributed by atoms with E-state index in [-0.39, 0.29) is 30.3 Å². The third kappa shape index (κ3) is 3.43. The quantitative estimate of drug-likeness (QED) is 0.653. The minimum atomic E-state index is -0.265. The predicted octanol–water partition coefficient (Wildman–Crippen LogP) is 0.973. The van der Waals surface area contributed by atoms with Crippen molar-refractivity contribution in [3.8, 4) is 11.8 Å². The second kappa shape index (κ2) is 6.74. The number of hydrogen-bond donors (Lipinski definition) is 1. The molecule has 5 nitrogen and oxygen atoms in total. The normalized spacial score (nSPS) is 20.8. The third-order valence-electron chi connectivity index (χ3n) is 3.51. The highest BCUT2D eigenvalue weighted by Gasteiger charge is 2.38. The largest absolute Gasteiger partial charge is 0.469 e. The lowest BCUT2D eigenvalue weighted by molar-refractivity contribution is -0.146. The van der Waals surface area contributed by atoms with Crippen LogP contribution in [0, 0.1) is 23.7 Å². The van der Waals surface area contributed by atoms with E-state index in [1.165, 1.54) is 18.4 Å². The molecule has 1 aromatic heterocycles. The van der Waals surface area contributed by atoms with Crippen molar-refractivity contribution in [1.29, 1.82) is 0 Å². The van der Waals surface area contributed by atoms with Gasteiger partial charge in [-0.3, -0.25) is 9.59 Å². The average molecular weight is 307 g/mol. The third-order valence-corrected chi connectivity index (χ3v) is 4.50. The van der Waals surface area contributed by atoms with Crippen LogP contribution in [0.3, 0.4) is 0 Å². The van der Waals surface area contributed by atoms with Gasteiger partial charge in [-0.1, -0.05) is 18.8 Å². The van der Waals surface area contributed by atoms with Crippen LogP contribution in [-0.2, 0) is 9.53 Å². The first-order chi connectivity index (χ1) is 10.1. The number of aliphatic hydroxyl groups excluding tert-OH is 1. The molecule has 1 aliphatic heterocycles. The molecule has 1 fully saturated rings. The molecule has 21 heavy (non-hydrogen) atoms. The minimum Gasteiger partial charge on any atom is -0.469 e. The van der Waals surface area contributed by atoms with Gasteiger partial charge in [0.05, 0.1) is 22.8 Å². The van der Waals surface area contributed by atoms with Crippen LogP contribution in [-0.4, -0.2) is 48.7 Å². The number of thiophene rings is 1. The Morgan fingerprint density at radius 2 is 2.24 bits per heavy atom. The lowest BCUT2D eigenvalue weighted by atomic mass is 9.99. The fourth-order valence-electron chi connectivity index (χ4n) is 2.39. The molecule has 6 heteroatoms. The molecule has 0 radical (unpaired) electrons. The van der Waals surface area contributed by atoms with Crippen molar-refractivity contribution in [2.24, 2.45) is 11.8 Å². The molecular weight excluding hydrogens is 290 g/mol. The number of methoxy groups -OCH3 is 1. The average Bonchev–Trinajstić information content (AvgIpc) is 3.10. The maximum absolute atomic E-state index is 12.4. The lowest BCUT2D eigenvalue weighted by Crippen LogP contribution is -2.29. The highest BCUT2D eigenvalue weighted by Crippen LogP contribution is 2.27. The molecule has 2 heterocycles. The summed E-state index contributed by atoms with van der Waals surface area (Å²) in [5, 5.41) is 8.66. The van der Waals surface area contributed by atoms with Crippen molar-refractivity contribution in [2.45, 2.75) is 6.92 Å². The van der Waals surface area contributed by atoms with Gasteiger partial charge in [0.25, 0.3) is 5.91 Å². The number of aliphatic hydroxyl groups is 1. The molecule has 1 saturated heterocycles. The molecule has 2 rings (SSSR count). The molecule has 0 saturated carbocycles. The Labute approximate surface area is 127 Å². The van der Waals surface area contributed by atoms with Crippen LogP contribution in [0.15, 0.2) is 12.1 Å². The van der Waals surface area contributed by atoms with Gasteiger partial charge in [0.15, 0.2) is 0 Å². The first-order valence-corrected chi connectivity index (χ1v) is 7.45. The van der Waals surface area contributed by atoms with Gasteiger partial charge in [-0.05, 0) is 18.1 Å². The van der Waals surface area contributed by atoms with Gasteiger partial charge in [0, 0.05) is 13.1 Å². The summed E-state index contributed by atoms with van der Waals surface area (Å²) in [6.07, 6.45) is 0. The minimum absolute atomic E-state index is 0.0877. The van der Waals surface area contributed by atoms with E-state index in [4.69, 9.17) is 9.84 Å². The zero-order chi connectivity index (χ0) is 15.4. The topological polar surface area (TPSA) is 66.8 Å². The number of carbonyl (C=O) groups is 2. The molecule has 0 aliphatic carbocycles. The SMILES string of the molecule is COC(=O)C1CN(C(=O)c2ccc(C#CCO)s2)CC1C. The number of amides is 1. The van der Waals surface area contributed by atoms with E-state index in [0.29, 0.717) is 18.0 Å². The molecular formula is C15H17NO4S. The van der Waals surface area contributed by atoms with E-state index in [9.17, 15) is 9.59 Å². The standard InChI is InChI=1S/C15H17NO4S/c1-10-8-16(9-12(10)15(19)20-2)14(18)13-6-5-11(21-13)4-3-7-17/h5-6,10,12,17H,7-9H2,1-2H3. The Balaban J connectivity index is 2.07. The fraction of sp³-hybridized carbons (Fsp3) is 0.467. The van der Waals surface area contributed by atoms with Crippen molar-refractivity contribution in [1.82, 2.24) is 4.90 Å². The number of carbonyl (C=O) groups excluding carboxylic acids is 2. The van der Waals surface area contributed by atoms with Crippen LogP contribution in [0.2, 0.25) is 0 Å². The summed E-state index contributed by atoms with van der Waals surface area (Å²) in [6.45, 7) is 2.68. The van der Waals surface area contributed by atoms with Gasteiger partial charge in [0.2, 0.25) is 0 Å². The number of hydrogen-bond acceptors (Lipinski definition) is 5. The van der Waals surface area contributed by atoms with Gasteiger partial charge in [0.1, 0.15) is 6.61 Å². The maximum Gasteiger partial charge on any atom is 0.310 e. The molecule has 2 atom stereocenters. The summed E-state index contributed by atoms with van der Waals surface area (Å²) in [5.74, 6) is 4.81. The monoisotopic (exact) mass is 307 g/mol. The summed E-state index contributed by atoms with van der Waals surface area (Å²) in [6, 6.07) is 3.49. The Hall–Kier alpha value is -1.84. The first-order valence-electron chi connectivity index (χ1n) is 6.63. The number of esters is 1. The zero-order valence-electron chi connectivity index (χ0n) is 12.0. The van der Waals surface area contributed by atoms with Crippen molar-refractivity contribution < 1.29 is 19.4 Å². The Bertz CT molecular complexity index is 598.